The van der Waals surface area contributed by atoms with Gasteiger partial charge in [-0.05, 0) is 54.4 Å². The van der Waals surface area contributed by atoms with Crippen LogP contribution in [0.15, 0.2) is 59.4 Å². The average molecular weight is 319 g/mol. The first-order valence-corrected chi connectivity index (χ1v) is 7.40. The highest BCUT2D eigenvalue weighted by Gasteiger charge is 2.07. The van der Waals surface area contributed by atoms with Crippen LogP contribution in [-0.2, 0) is 6.54 Å². The Hall–Kier alpha value is -3.26. The van der Waals surface area contributed by atoms with Crippen LogP contribution in [0.4, 0.5) is 4.39 Å². The molecule has 0 aliphatic rings. The summed E-state index contributed by atoms with van der Waals surface area (Å²) in [6, 6.07) is 16.7. The maximum atomic E-state index is 13.6. The minimum Gasteiger partial charge on any atom is -0.268 e. The molecule has 0 spiro atoms. The fourth-order valence-electron chi connectivity index (χ4n) is 2.51. The summed E-state index contributed by atoms with van der Waals surface area (Å²) in [6.45, 7) is 2.05. The fraction of sp³-hybridized carbons (Fsp3) is 0.105. The van der Waals surface area contributed by atoms with Crippen LogP contribution in [0, 0.1) is 24.1 Å². The number of nitrogens with zero attached hydrogens (tertiary/aromatic N) is 3. The molecule has 2 aromatic carbocycles. The molecule has 0 N–H and O–H groups in total. The summed E-state index contributed by atoms with van der Waals surface area (Å²) in [5.74, 6) is -0.341. The Labute approximate surface area is 138 Å². The van der Waals surface area contributed by atoms with E-state index in [0.29, 0.717) is 16.8 Å². The molecular weight excluding hydrogens is 305 g/mol. The highest BCUT2D eigenvalue weighted by molar-refractivity contribution is 5.59. The number of hydrogen-bond acceptors (Lipinski definition) is 3. The van der Waals surface area contributed by atoms with E-state index in [2.05, 4.69) is 11.2 Å². The number of aryl methyl sites for hydroxylation is 1. The third kappa shape index (κ3) is 3.39. The van der Waals surface area contributed by atoms with E-state index >= 15 is 0 Å². The predicted octanol–water partition coefficient (Wildman–Crippen LogP) is 3.28. The molecular formula is C19H14FN3O. The van der Waals surface area contributed by atoms with Gasteiger partial charge in [-0.1, -0.05) is 12.1 Å². The molecule has 118 valence electrons. The second-order valence-corrected chi connectivity index (χ2v) is 5.54. The minimum atomic E-state index is -0.341. The van der Waals surface area contributed by atoms with Crippen molar-refractivity contribution in [2.24, 2.45) is 0 Å². The zero-order valence-electron chi connectivity index (χ0n) is 13.0. The first-order valence-electron chi connectivity index (χ1n) is 7.40. The van der Waals surface area contributed by atoms with Gasteiger partial charge in [-0.25, -0.2) is 9.07 Å². The molecule has 0 saturated carbocycles. The molecule has 3 aromatic rings. The number of aromatic nitrogens is 2. The van der Waals surface area contributed by atoms with E-state index in [0.717, 1.165) is 11.1 Å². The molecule has 4 nitrogen and oxygen atoms in total. The van der Waals surface area contributed by atoms with E-state index in [9.17, 15) is 9.18 Å². The topological polar surface area (TPSA) is 58.7 Å². The molecule has 0 aliphatic carbocycles. The molecule has 0 saturated heterocycles. The molecule has 24 heavy (non-hydrogen) atoms. The number of benzene rings is 2. The first-order chi connectivity index (χ1) is 11.5. The molecule has 0 fully saturated rings. The third-order valence-corrected chi connectivity index (χ3v) is 3.59. The van der Waals surface area contributed by atoms with Crippen LogP contribution in [0.1, 0.15) is 16.7 Å². The van der Waals surface area contributed by atoms with Crippen LogP contribution in [0.5, 0.6) is 0 Å². The Balaban J connectivity index is 2.00. The van der Waals surface area contributed by atoms with Gasteiger partial charge in [0.1, 0.15) is 5.82 Å². The van der Waals surface area contributed by atoms with Gasteiger partial charge in [0.2, 0.25) is 0 Å². The van der Waals surface area contributed by atoms with E-state index in [1.54, 1.807) is 31.2 Å². The molecule has 0 aliphatic heterocycles. The lowest BCUT2D eigenvalue weighted by Gasteiger charge is -2.08. The minimum absolute atomic E-state index is 0.247. The number of hydrogen-bond donors (Lipinski definition) is 0. The molecule has 1 heterocycles. The molecule has 0 amide bonds. The van der Waals surface area contributed by atoms with Crippen molar-refractivity contribution in [2.45, 2.75) is 13.5 Å². The lowest BCUT2D eigenvalue weighted by molar-refractivity contribution is 0.625. The second kappa shape index (κ2) is 6.47. The summed E-state index contributed by atoms with van der Waals surface area (Å²) in [5.41, 5.74) is 3.00. The van der Waals surface area contributed by atoms with Crippen LogP contribution in [0.3, 0.4) is 0 Å². The van der Waals surface area contributed by atoms with Crippen LogP contribution in [0.25, 0.3) is 11.3 Å². The van der Waals surface area contributed by atoms with Crippen molar-refractivity contribution in [3.8, 4) is 17.3 Å². The van der Waals surface area contributed by atoms with Gasteiger partial charge in [-0.3, -0.25) is 4.79 Å². The van der Waals surface area contributed by atoms with Crippen LogP contribution in [0.2, 0.25) is 0 Å². The quantitative estimate of drug-likeness (QED) is 0.744. The summed E-state index contributed by atoms with van der Waals surface area (Å²) >= 11 is 0. The molecule has 5 heteroatoms. The summed E-state index contributed by atoms with van der Waals surface area (Å²) in [4.78, 5) is 12.1. The highest BCUT2D eigenvalue weighted by atomic mass is 19.1. The normalized spacial score (nSPS) is 10.4. The maximum Gasteiger partial charge on any atom is 0.267 e. The van der Waals surface area contributed by atoms with Gasteiger partial charge in [0.15, 0.2) is 0 Å². The van der Waals surface area contributed by atoms with Crippen molar-refractivity contribution < 1.29 is 4.39 Å². The molecule has 3 rings (SSSR count). The fourth-order valence-corrected chi connectivity index (χ4v) is 2.51. The van der Waals surface area contributed by atoms with Gasteiger partial charge in [0, 0.05) is 11.6 Å². The van der Waals surface area contributed by atoms with Gasteiger partial charge >= 0.3 is 0 Å². The van der Waals surface area contributed by atoms with Crippen LogP contribution >= 0.6 is 0 Å². The van der Waals surface area contributed by atoms with E-state index in [1.807, 2.05) is 12.1 Å². The Bertz CT molecular complexity index is 982. The zero-order chi connectivity index (χ0) is 17.1. The van der Waals surface area contributed by atoms with Gasteiger partial charge in [0.25, 0.3) is 5.56 Å². The zero-order valence-corrected chi connectivity index (χ0v) is 13.0. The third-order valence-electron chi connectivity index (χ3n) is 3.59. The van der Waals surface area contributed by atoms with Gasteiger partial charge in [0.05, 0.1) is 23.9 Å². The Morgan fingerprint density at radius 3 is 2.75 bits per heavy atom. The average Bonchev–Trinajstić information content (AvgIpc) is 2.56. The lowest BCUT2D eigenvalue weighted by atomic mass is 10.1. The van der Waals surface area contributed by atoms with Crippen molar-refractivity contribution in [1.82, 2.24) is 9.78 Å². The first kappa shape index (κ1) is 15.6. The van der Waals surface area contributed by atoms with E-state index in [4.69, 9.17) is 5.26 Å². The van der Waals surface area contributed by atoms with E-state index < -0.39 is 0 Å². The molecule has 0 bridgehead atoms. The standard InChI is InChI=1S/C19H14FN3O/c1-13-7-16(10-17(20)8-13)18-5-6-19(24)23(22-18)12-15-4-2-3-14(9-15)11-21/h2-10H,12H2,1H3. The summed E-state index contributed by atoms with van der Waals surface area (Å²) in [7, 11) is 0. The molecule has 0 radical (unpaired) electrons. The van der Waals surface area contributed by atoms with Crippen LogP contribution in [-0.4, -0.2) is 9.78 Å². The smallest absolute Gasteiger partial charge is 0.267 e. The van der Waals surface area contributed by atoms with Crippen molar-refractivity contribution in [3.05, 3.63) is 87.5 Å². The molecule has 0 atom stereocenters. The SMILES string of the molecule is Cc1cc(F)cc(-c2ccc(=O)n(Cc3cccc(C#N)c3)n2)c1. The number of halogens is 1. The lowest BCUT2D eigenvalue weighted by Crippen LogP contribution is -2.22. The second-order valence-electron chi connectivity index (χ2n) is 5.54. The van der Waals surface area contributed by atoms with Crippen molar-refractivity contribution in [3.63, 3.8) is 0 Å². The van der Waals surface area contributed by atoms with Crippen molar-refractivity contribution in [1.29, 1.82) is 5.26 Å². The van der Waals surface area contributed by atoms with Gasteiger partial charge in [-0.15, -0.1) is 0 Å². The summed E-state index contributed by atoms with van der Waals surface area (Å²) < 4.78 is 14.9. The number of rotatable bonds is 3. The maximum absolute atomic E-state index is 13.6. The van der Waals surface area contributed by atoms with Crippen molar-refractivity contribution in [2.75, 3.05) is 0 Å². The predicted molar refractivity (Wildman–Crippen MR) is 88.9 cm³/mol. The Kier molecular flexibility index (Phi) is 4.21. The van der Waals surface area contributed by atoms with Gasteiger partial charge < -0.3 is 0 Å². The van der Waals surface area contributed by atoms with E-state index in [1.165, 1.54) is 22.9 Å². The largest absolute Gasteiger partial charge is 0.268 e. The van der Waals surface area contributed by atoms with Gasteiger partial charge in [-0.2, -0.15) is 10.4 Å². The summed E-state index contributed by atoms with van der Waals surface area (Å²) in [6.07, 6.45) is 0. The Morgan fingerprint density at radius 2 is 2.00 bits per heavy atom. The monoisotopic (exact) mass is 319 g/mol. The number of nitriles is 1. The molecule has 1 aromatic heterocycles. The van der Waals surface area contributed by atoms with Crippen molar-refractivity contribution >= 4 is 0 Å². The Morgan fingerprint density at radius 1 is 1.17 bits per heavy atom. The summed E-state index contributed by atoms with van der Waals surface area (Å²) in [5, 5.41) is 13.3. The van der Waals surface area contributed by atoms with E-state index in [-0.39, 0.29) is 17.9 Å². The van der Waals surface area contributed by atoms with Crippen LogP contribution < -0.4 is 5.56 Å². The molecule has 0 unspecified atom stereocenters. The highest BCUT2D eigenvalue weighted by Crippen LogP contribution is 2.19.